The summed E-state index contributed by atoms with van der Waals surface area (Å²) >= 11 is 1.82. The van der Waals surface area contributed by atoms with Crippen molar-refractivity contribution in [2.45, 2.75) is 19.3 Å². The van der Waals surface area contributed by atoms with E-state index in [4.69, 9.17) is 19.4 Å². The van der Waals surface area contributed by atoms with Crippen molar-refractivity contribution in [1.29, 1.82) is 0 Å². The minimum absolute atomic E-state index is 0.206. The van der Waals surface area contributed by atoms with Crippen LogP contribution in [0.1, 0.15) is 25.0 Å². The van der Waals surface area contributed by atoms with Crippen LogP contribution >= 0.6 is 11.3 Å². The fraction of sp³-hybridized carbons (Fsp3) is 0.0500. The van der Waals surface area contributed by atoms with Gasteiger partial charge < -0.3 is 4.42 Å². The molecule has 0 saturated heterocycles. The van der Waals surface area contributed by atoms with E-state index in [1.54, 1.807) is 0 Å². The molecule has 6 aromatic heterocycles. The maximum atomic E-state index is 6.57. The van der Waals surface area contributed by atoms with Gasteiger partial charge in [0.25, 0.3) is 0 Å². The molecule has 0 unspecified atom stereocenters. The molecule has 0 radical (unpaired) electrons. The molecule has 9 aromatic carbocycles. The molecule has 8 heteroatoms. The topological polar surface area (TPSA) is 66.6 Å². The standard InChI is InChI=1S/C60H36N6OS/c1-60(2)45-21-9-3-15-33(45)39-27-40-34-16-4-10-22-47(34)64(50(40)30-46(39)60)57-61-58(65-48-23-11-5-17-35(48)41-28-43-37-19-7-13-25-53(37)67-54(43)31-51(41)65)63-59(62-57)66-49-24-12-6-18-36(49)42-29-44-38-20-8-14-26-55(38)68-56(44)32-52(42)66/h3-32H,1-2H3. The predicted octanol–water partition coefficient (Wildman–Crippen LogP) is 15.7. The Bertz CT molecular complexity index is 4520. The summed E-state index contributed by atoms with van der Waals surface area (Å²) in [4.78, 5) is 16.9. The van der Waals surface area contributed by atoms with Crippen molar-refractivity contribution in [3.05, 3.63) is 193 Å². The summed E-state index contributed by atoms with van der Waals surface area (Å²) < 4.78 is 15.8. The van der Waals surface area contributed by atoms with Gasteiger partial charge >= 0.3 is 0 Å². The molecule has 16 rings (SSSR count). The van der Waals surface area contributed by atoms with Crippen LogP contribution in [-0.4, -0.2) is 28.7 Å². The van der Waals surface area contributed by atoms with Gasteiger partial charge in [-0.2, -0.15) is 15.0 Å². The zero-order chi connectivity index (χ0) is 44.6. The second-order valence-corrected chi connectivity index (χ2v) is 19.9. The van der Waals surface area contributed by atoms with Crippen LogP contribution in [-0.2, 0) is 5.41 Å². The van der Waals surface area contributed by atoms with Crippen LogP contribution in [0.25, 0.3) is 137 Å². The summed E-state index contributed by atoms with van der Waals surface area (Å²) in [6.45, 7) is 4.68. The van der Waals surface area contributed by atoms with Gasteiger partial charge in [-0.1, -0.05) is 129 Å². The van der Waals surface area contributed by atoms with Crippen LogP contribution in [0, 0.1) is 0 Å². The Morgan fingerprint density at radius 2 is 0.853 bits per heavy atom. The van der Waals surface area contributed by atoms with Gasteiger partial charge in [0, 0.05) is 74.7 Å². The highest BCUT2D eigenvalue weighted by molar-refractivity contribution is 7.25. The molecule has 0 aliphatic heterocycles. The van der Waals surface area contributed by atoms with Crippen molar-refractivity contribution < 1.29 is 4.42 Å². The van der Waals surface area contributed by atoms with Crippen LogP contribution in [0.15, 0.2) is 186 Å². The number of benzene rings is 9. The summed E-state index contributed by atoms with van der Waals surface area (Å²) in [5.41, 5.74) is 12.8. The van der Waals surface area contributed by atoms with E-state index in [1.165, 1.54) is 42.4 Å². The number of rotatable bonds is 3. The van der Waals surface area contributed by atoms with Gasteiger partial charge in [-0.15, -0.1) is 11.3 Å². The molecule has 0 fully saturated rings. The van der Waals surface area contributed by atoms with E-state index in [1.807, 2.05) is 23.5 Å². The molecule has 0 amide bonds. The van der Waals surface area contributed by atoms with E-state index >= 15 is 0 Å². The monoisotopic (exact) mass is 888 g/mol. The molecule has 1 aliphatic rings. The summed E-state index contributed by atoms with van der Waals surface area (Å²) in [6.07, 6.45) is 0. The first kappa shape index (κ1) is 36.6. The van der Waals surface area contributed by atoms with Crippen molar-refractivity contribution in [3.8, 4) is 29.0 Å². The van der Waals surface area contributed by atoms with Crippen molar-refractivity contribution in [2.24, 2.45) is 0 Å². The van der Waals surface area contributed by atoms with E-state index < -0.39 is 0 Å². The lowest BCUT2D eigenvalue weighted by atomic mass is 9.82. The number of nitrogens with zero attached hydrogens (tertiary/aromatic N) is 6. The molecule has 6 heterocycles. The van der Waals surface area contributed by atoms with E-state index in [-0.39, 0.29) is 5.41 Å². The highest BCUT2D eigenvalue weighted by atomic mass is 32.1. The molecule has 0 saturated carbocycles. The Balaban J connectivity index is 1.05. The van der Waals surface area contributed by atoms with Gasteiger partial charge in [0.05, 0.1) is 33.1 Å². The first-order valence-electron chi connectivity index (χ1n) is 23.1. The van der Waals surface area contributed by atoms with Gasteiger partial charge in [0.15, 0.2) is 0 Å². The minimum Gasteiger partial charge on any atom is -0.456 e. The molecule has 1 aliphatic carbocycles. The molecule has 0 atom stereocenters. The van der Waals surface area contributed by atoms with Crippen molar-refractivity contribution in [1.82, 2.24) is 28.7 Å². The largest absolute Gasteiger partial charge is 0.456 e. The lowest BCUT2D eigenvalue weighted by molar-refractivity contribution is 0.661. The van der Waals surface area contributed by atoms with E-state index in [9.17, 15) is 0 Å². The smallest absolute Gasteiger partial charge is 0.241 e. The number of thiophene rings is 1. The Morgan fingerprint density at radius 1 is 0.353 bits per heavy atom. The highest BCUT2D eigenvalue weighted by Crippen LogP contribution is 2.51. The summed E-state index contributed by atoms with van der Waals surface area (Å²) in [5.74, 6) is 1.58. The average Bonchev–Trinajstić information content (AvgIpc) is 4.20. The molecule has 7 nitrogen and oxygen atoms in total. The number of aromatic nitrogens is 6. The fourth-order valence-electron chi connectivity index (χ4n) is 11.8. The zero-order valence-corrected chi connectivity index (χ0v) is 37.6. The highest BCUT2D eigenvalue weighted by Gasteiger charge is 2.36. The molecular formula is C60H36N6OS. The first-order chi connectivity index (χ1) is 33.5. The first-order valence-corrected chi connectivity index (χ1v) is 23.9. The summed E-state index contributed by atoms with van der Waals surface area (Å²) in [6, 6.07) is 65.6. The maximum absolute atomic E-state index is 6.57. The fourth-order valence-corrected chi connectivity index (χ4v) is 12.9. The SMILES string of the molecule is CC1(C)c2ccccc2-c2cc3c4ccccc4n(-c4nc(-n5c6ccccc6c6cc7c(cc65)oc5ccccc57)nc(-n5c6ccccc6c6cc7c(cc65)sc5ccccc57)n4)c3cc21. The van der Waals surface area contributed by atoms with Crippen molar-refractivity contribution >= 4 is 119 Å². The minimum atomic E-state index is -0.206. The third kappa shape index (κ3) is 4.69. The maximum Gasteiger partial charge on any atom is 0.241 e. The lowest BCUT2D eigenvalue weighted by Crippen LogP contribution is -2.15. The average molecular weight is 889 g/mol. The summed E-state index contributed by atoms with van der Waals surface area (Å²) in [7, 11) is 0. The number of furan rings is 1. The lowest BCUT2D eigenvalue weighted by Gasteiger charge is -2.21. The third-order valence-corrected chi connectivity index (χ3v) is 16.1. The second-order valence-electron chi connectivity index (χ2n) is 18.8. The summed E-state index contributed by atoms with van der Waals surface area (Å²) in [5, 5.41) is 11.5. The van der Waals surface area contributed by atoms with Crippen LogP contribution in [0.5, 0.6) is 0 Å². The van der Waals surface area contributed by atoms with Crippen molar-refractivity contribution in [2.75, 3.05) is 0 Å². The molecule has 15 aromatic rings. The zero-order valence-electron chi connectivity index (χ0n) is 36.8. The predicted molar refractivity (Wildman–Crippen MR) is 281 cm³/mol. The number of hydrogen-bond donors (Lipinski definition) is 0. The quantitative estimate of drug-likeness (QED) is 0.177. The Labute approximate surface area is 391 Å². The molecule has 0 spiro atoms. The van der Waals surface area contributed by atoms with Crippen molar-refractivity contribution in [3.63, 3.8) is 0 Å². The van der Waals surface area contributed by atoms with Gasteiger partial charge in [0.1, 0.15) is 11.2 Å². The van der Waals surface area contributed by atoms with E-state index in [0.717, 1.165) is 87.4 Å². The van der Waals surface area contributed by atoms with Crippen LogP contribution in [0.3, 0.4) is 0 Å². The molecule has 0 N–H and O–H groups in total. The number of fused-ring (bicyclic) bond motifs is 18. The van der Waals surface area contributed by atoms with E-state index in [2.05, 4.69) is 197 Å². The van der Waals surface area contributed by atoms with Crippen LogP contribution in [0.2, 0.25) is 0 Å². The van der Waals surface area contributed by atoms with Gasteiger partial charge in [0.2, 0.25) is 17.8 Å². The molecule has 0 bridgehead atoms. The second kappa shape index (κ2) is 12.8. The van der Waals surface area contributed by atoms with Crippen LogP contribution < -0.4 is 0 Å². The van der Waals surface area contributed by atoms with Crippen LogP contribution in [0.4, 0.5) is 0 Å². The molecule has 318 valence electrons. The molecular weight excluding hydrogens is 853 g/mol. The third-order valence-electron chi connectivity index (χ3n) is 14.9. The van der Waals surface area contributed by atoms with E-state index in [0.29, 0.717) is 17.8 Å². The Kier molecular flexibility index (Phi) is 6.92. The van der Waals surface area contributed by atoms with Gasteiger partial charge in [-0.05, 0) is 82.9 Å². The number of para-hydroxylation sites is 4. The normalized spacial score (nSPS) is 13.6. The molecule has 68 heavy (non-hydrogen) atoms. The number of hydrogen-bond acceptors (Lipinski definition) is 5. The van der Waals surface area contributed by atoms with Gasteiger partial charge in [-0.3, -0.25) is 13.7 Å². The Morgan fingerprint density at radius 3 is 1.51 bits per heavy atom. The van der Waals surface area contributed by atoms with Gasteiger partial charge in [-0.25, -0.2) is 0 Å². The Hall–Kier alpha value is -8.59.